The minimum absolute atomic E-state index is 0.0214. The van der Waals surface area contributed by atoms with Gasteiger partial charge in [-0.1, -0.05) is 17.7 Å². The van der Waals surface area contributed by atoms with Gasteiger partial charge in [-0.15, -0.1) is 0 Å². The van der Waals surface area contributed by atoms with E-state index in [1.807, 2.05) is 0 Å². The number of rotatable bonds is 5. The largest absolute Gasteiger partial charge is 0.416 e. The number of amides is 1. The van der Waals surface area contributed by atoms with E-state index in [1.54, 1.807) is 12.1 Å². The molecule has 1 amide bonds. The van der Waals surface area contributed by atoms with E-state index in [1.165, 1.54) is 6.07 Å². The fourth-order valence-corrected chi connectivity index (χ4v) is 4.25. The molecule has 0 unspecified atom stereocenters. The highest BCUT2D eigenvalue weighted by atomic mass is 35.5. The standard InChI is InChI=1S/C22H21ClF4N4O/c23-16-9-6-13(22(25,26)27)10-15(16)21(32)29-14-7-4-12(5-8-14)11-28-20-19-17(24)2-1-3-18(19)30-31-20/h1-3,6,9-10,12,14H,4-5,7-8,11H2,(H,29,32)(H2,28,30,31)/t12-,14-. The van der Waals surface area contributed by atoms with Gasteiger partial charge in [0, 0.05) is 12.6 Å². The van der Waals surface area contributed by atoms with Crippen molar-refractivity contribution in [2.24, 2.45) is 5.92 Å². The number of H-pyrrole nitrogens is 1. The van der Waals surface area contributed by atoms with Crippen molar-refractivity contribution >= 4 is 34.2 Å². The zero-order chi connectivity index (χ0) is 22.9. The highest BCUT2D eigenvalue weighted by Crippen LogP contribution is 2.32. The molecule has 170 valence electrons. The van der Waals surface area contributed by atoms with E-state index in [2.05, 4.69) is 20.8 Å². The molecule has 1 aromatic heterocycles. The summed E-state index contributed by atoms with van der Waals surface area (Å²) in [6.45, 7) is 0.606. The fourth-order valence-electron chi connectivity index (χ4n) is 4.05. The van der Waals surface area contributed by atoms with E-state index >= 15 is 0 Å². The molecule has 0 atom stereocenters. The summed E-state index contributed by atoms with van der Waals surface area (Å²) in [6, 6.07) is 7.32. The number of halogens is 5. The molecule has 0 bridgehead atoms. The average molecular weight is 469 g/mol. The fraction of sp³-hybridized carbons (Fsp3) is 0.364. The predicted octanol–water partition coefficient (Wildman–Crippen LogP) is 5.77. The summed E-state index contributed by atoms with van der Waals surface area (Å²) in [5.41, 5.74) is -0.478. The number of nitrogens with one attached hydrogen (secondary N) is 3. The van der Waals surface area contributed by atoms with Gasteiger partial charge in [-0.05, 0) is 61.9 Å². The highest BCUT2D eigenvalue weighted by Gasteiger charge is 2.32. The smallest absolute Gasteiger partial charge is 0.368 e. The molecule has 0 radical (unpaired) electrons. The second kappa shape index (κ2) is 8.97. The van der Waals surface area contributed by atoms with Crippen molar-refractivity contribution in [2.75, 3.05) is 11.9 Å². The molecule has 3 N–H and O–H groups in total. The third kappa shape index (κ3) is 4.82. The first-order valence-electron chi connectivity index (χ1n) is 10.3. The molecule has 0 spiro atoms. The van der Waals surface area contributed by atoms with Crippen LogP contribution < -0.4 is 10.6 Å². The Morgan fingerprint density at radius 2 is 1.91 bits per heavy atom. The first-order chi connectivity index (χ1) is 15.2. The van der Waals surface area contributed by atoms with Crippen molar-refractivity contribution in [2.45, 2.75) is 37.9 Å². The molecule has 32 heavy (non-hydrogen) atoms. The molecule has 0 aliphatic heterocycles. The molecule has 1 heterocycles. The summed E-state index contributed by atoms with van der Waals surface area (Å²) in [4.78, 5) is 12.5. The summed E-state index contributed by atoms with van der Waals surface area (Å²) < 4.78 is 52.9. The van der Waals surface area contributed by atoms with Crippen LogP contribution in [-0.4, -0.2) is 28.7 Å². The van der Waals surface area contributed by atoms with Gasteiger partial charge in [-0.3, -0.25) is 9.89 Å². The van der Waals surface area contributed by atoms with Crippen molar-refractivity contribution in [3.05, 3.63) is 58.4 Å². The van der Waals surface area contributed by atoms with Crippen LogP contribution in [0, 0.1) is 11.7 Å². The van der Waals surface area contributed by atoms with Crippen molar-refractivity contribution in [3.8, 4) is 0 Å². The zero-order valence-corrected chi connectivity index (χ0v) is 17.7. The van der Waals surface area contributed by atoms with Gasteiger partial charge >= 0.3 is 6.18 Å². The molecular formula is C22H21ClF4N4O. The number of alkyl halides is 3. The van der Waals surface area contributed by atoms with E-state index in [0.717, 1.165) is 31.0 Å². The number of hydrogen-bond donors (Lipinski definition) is 3. The lowest BCUT2D eigenvalue weighted by molar-refractivity contribution is -0.137. The maximum atomic E-state index is 14.1. The van der Waals surface area contributed by atoms with Gasteiger partial charge in [0.1, 0.15) is 5.82 Å². The Labute approximate surface area is 186 Å². The SMILES string of the molecule is O=C(N[C@H]1CC[C@H](CNc2n[nH]c3cccc(F)c23)CC1)c1cc(C(F)(F)F)ccc1Cl. The summed E-state index contributed by atoms with van der Waals surface area (Å²) in [5.74, 6) is -0.189. The Kier molecular flexibility index (Phi) is 6.28. The number of nitrogens with zero attached hydrogens (tertiary/aromatic N) is 1. The van der Waals surface area contributed by atoms with Crippen LogP contribution in [0.25, 0.3) is 10.9 Å². The lowest BCUT2D eigenvalue weighted by Gasteiger charge is -2.29. The van der Waals surface area contributed by atoms with E-state index in [9.17, 15) is 22.4 Å². The van der Waals surface area contributed by atoms with Gasteiger partial charge in [0.05, 0.1) is 27.1 Å². The van der Waals surface area contributed by atoms with Crippen LogP contribution in [0.4, 0.5) is 23.4 Å². The van der Waals surface area contributed by atoms with Crippen molar-refractivity contribution in [3.63, 3.8) is 0 Å². The first-order valence-corrected chi connectivity index (χ1v) is 10.6. The van der Waals surface area contributed by atoms with Crippen molar-refractivity contribution < 1.29 is 22.4 Å². The summed E-state index contributed by atoms with van der Waals surface area (Å²) >= 11 is 5.95. The Morgan fingerprint density at radius 3 is 2.62 bits per heavy atom. The quantitative estimate of drug-likeness (QED) is 0.416. The maximum Gasteiger partial charge on any atom is 0.416 e. The van der Waals surface area contributed by atoms with Crippen LogP contribution in [0.1, 0.15) is 41.6 Å². The number of aromatic amines is 1. The van der Waals surface area contributed by atoms with E-state index < -0.39 is 17.6 Å². The number of anilines is 1. The second-order valence-corrected chi connectivity index (χ2v) is 8.41. The minimum Gasteiger partial charge on any atom is -0.368 e. The molecule has 5 nitrogen and oxygen atoms in total. The molecule has 0 saturated heterocycles. The summed E-state index contributed by atoms with van der Waals surface area (Å²) in [5, 5.41) is 13.3. The lowest BCUT2D eigenvalue weighted by Crippen LogP contribution is -2.38. The van der Waals surface area contributed by atoms with Crippen molar-refractivity contribution in [1.82, 2.24) is 15.5 Å². The Balaban J connectivity index is 1.31. The number of benzene rings is 2. The molecule has 1 saturated carbocycles. The molecule has 2 aromatic carbocycles. The molecule has 1 aliphatic rings. The molecule has 1 aliphatic carbocycles. The Bertz CT molecular complexity index is 1120. The van der Waals surface area contributed by atoms with Gasteiger partial charge in [0.15, 0.2) is 5.82 Å². The van der Waals surface area contributed by atoms with E-state index in [0.29, 0.717) is 42.0 Å². The predicted molar refractivity (Wildman–Crippen MR) is 114 cm³/mol. The minimum atomic E-state index is -4.55. The van der Waals surface area contributed by atoms with E-state index in [4.69, 9.17) is 11.6 Å². The second-order valence-electron chi connectivity index (χ2n) is 8.00. The van der Waals surface area contributed by atoms with Crippen LogP contribution in [0.3, 0.4) is 0 Å². The third-order valence-corrected chi connectivity index (χ3v) is 6.15. The normalized spacial score (nSPS) is 19.2. The molecule has 10 heteroatoms. The number of hydrogen-bond acceptors (Lipinski definition) is 3. The number of fused-ring (bicyclic) bond motifs is 1. The zero-order valence-electron chi connectivity index (χ0n) is 16.9. The molecule has 3 aromatic rings. The van der Waals surface area contributed by atoms with Gasteiger partial charge in [0.25, 0.3) is 5.91 Å². The van der Waals surface area contributed by atoms with Crippen LogP contribution in [-0.2, 0) is 6.18 Å². The highest BCUT2D eigenvalue weighted by molar-refractivity contribution is 6.33. The van der Waals surface area contributed by atoms with Crippen LogP contribution in [0.2, 0.25) is 5.02 Å². The van der Waals surface area contributed by atoms with Gasteiger partial charge in [-0.25, -0.2) is 4.39 Å². The molecular weight excluding hydrogens is 448 g/mol. The lowest BCUT2D eigenvalue weighted by atomic mass is 9.86. The average Bonchev–Trinajstić information content (AvgIpc) is 3.17. The van der Waals surface area contributed by atoms with Crippen LogP contribution >= 0.6 is 11.6 Å². The van der Waals surface area contributed by atoms with E-state index in [-0.39, 0.29) is 22.4 Å². The van der Waals surface area contributed by atoms with Gasteiger partial charge in [0.2, 0.25) is 0 Å². The molecule has 1 fully saturated rings. The van der Waals surface area contributed by atoms with Gasteiger partial charge in [-0.2, -0.15) is 18.3 Å². The molecule has 4 rings (SSSR count). The summed E-state index contributed by atoms with van der Waals surface area (Å²) in [7, 11) is 0. The number of aromatic nitrogens is 2. The number of carbonyl (C=O) groups excluding carboxylic acids is 1. The summed E-state index contributed by atoms with van der Waals surface area (Å²) in [6.07, 6.45) is -1.57. The van der Waals surface area contributed by atoms with Crippen LogP contribution in [0.5, 0.6) is 0 Å². The van der Waals surface area contributed by atoms with Gasteiger partial charge < -0.3 is 10.6 Å². The van der Waals surface area contributed by atoms with Crippen LogP contribution in [0.15, 0.2) is 36.4 Å². The maximum absolute atomic E-state index is 14.1. The topological polar surface area (TPSA) is 69.8 Å². The Hall–Kier alpha value is -2.81. The monoisotopic (exact) mass is 468 g/mol. The first kappa shape index (κ1) is 22.4. The number of carbonyl (C=O) groups is 1. The third-order valence-electron chi connectivity index (χ3n) is 5.82. The Morgan fingerprint density at radius 1 is 1.16 bits per heavy atom. The van der Waals surface area contributed by atoms with Crippen molar-refractivity contribution in [1.29, 1.82) is 0 Å².